The summed E-state index contributed by atoms with van der Waals surface area (Å²) in [6.45, 7) is 17.6. The number of amides is 2. The van der Waals surface area contributed by atoms with E-state index in [0.717, 1.165) is 0 Å². The smallest absolute Gasteiger partial charge is 0.407 e. The van der Waals surface area contributed by atoms with Crippen LogP contribution >= 0.6 is 0 Å². The number of hydrogen-bond acceptors (Lipinski definition) is 10. The predicted octanol–water partition coefficient (Wildman–Crippen LogP) is 3.56. The van der Waals surface area contributed by atoms with E-state index in [1.54, 1.807) is 69.2 Å². The Morgan fingerprint density at radius 3 is 1.15 bits per heavy atom. The molecule has 0 fully saturated rings. The fraction of sp³-hybridized carbons (Fsp3) is 0.852. The minimum Gasteiger partial charge on any atom is -0.466 e. The van der Waals surface area contributed by atoms with Gasteiger partial charge in [-0.15, -0.1) is 0 Å². The van der Waals surface area contributed by atoms with Gasteiger partial charge in [0.25, 0.3) is 0 Å². The lowest BCUT2D eigenvalue weighted by molar-refractivity contribution is -0.145. The third-order valence-corrected chi connectivity index (χ3v) is 4.76. The third-order valence-electron chi connectivity index (χ3n) is 4.76. The van der Waals surface area contributed by atoms with E-state index in [0.29, 0.717) is 13.2 Å². The van der Waals surface area contributed by atoms with Crippen LogP contribution in [0.5, 0.6) is 0 Å². The van der Waals surface area contributed by atoms with Crippen molar-refractivity contribution in [2.75, 3.05) is 26.4 Å². The number of aliphatic hydroxyl groups is 2. The summed E-state index contributed by atoms with van der Waals surface area (Å²) in [5.41, 5.74) is -1.21. The van der Waals surface area contributed by atoms with Crippen molar-refractivity contribution in [3.63, 3.8) is 0 Å². The van der Waals surface area contributed by atoms with Gasteiger partial charge >= 0.3 is 24.1 Å². The van der Waals surface area contributed by atoms with Crippen LogP contribution in [0.2, 0.25) is 0 Å². The van der Waals surface area contributed by atoms with Crippen molar-refractivity contribution in [3.8, 4) is 0 Å². The maximum Gasteiger partial charge on any atom is 0.407 e. The molecule has 0 aliphatic carbocycles. The van der Waals surface area contributed by atoms with Crippen LogP contribution in [0.25, 0.3) is 0 Å². The average molecular weight is 567 g/mol. The van der Waals surface area contributed by atoms with Crippen molar-refractivity contribution >= 4 is 24.1 Å². The van der Waals surface area contributed by atoms with Crippen molar-refractivity contribution in [1.29, 1.82) is 0 Å². The maximum atomic E-state index is 11.6. The molecule has 0 saturated carbocycles. The molecule has 232 valence electrons. The Kier molecular flexibility index (Phi) is 21.3. The normalized spacial score (nSPS) is 14.1. The number of rotatable bonds is 12. The van der Waals surface area contributed by atoms with E-state index < -0.39 is 35.5 Å². The number of aliphatic hydroxyl groups excluding tert-OH is 2. The molecule has 0 saturated heterocycles. The molecule has 0 aliphatic rings. The SMILES string of the molecule is C.CCOC(=O)C[C@@H](C)[C@@H](CO)NC(=O)OC(C)(C)C.CCOC(=O)C[C@H](C)[C@@H](CO)NC(=O)OC(C)(C)C. The first kappa shape index (κ1) is 40.9. The molecule has 39 heavy (non-hydrogen) atoms. The minimum atomic E-state index is -0.609. The van der Waals surface area contributed by atoms with Gasteiger partial charge < -0.3 is 39.8 Å². The van der Waals surface area contributed by atoms with Gasteiger partial charge in [-0.2, -0.15) is 0 Å². The van der Waals surface area contributed by atoms with Crippen molar-refractivity contribution in [2.45, 2.75) is 113 Å². The first-order valence-corrected chi connectivity index (χ1v) is 12.9. The molecule has 0 aromatic heterocycles. The van der Waals surface area contributed by atoms with E-state index in [-0.39, 0.29) is 57.3 Å². The van der Waals surface area contributed by atoms with Crippen LogP contribution in [0, 0.1) is 11.8 Å². The number of alkyl carbamates (subject to hydrolysis) is 2. The predicted molar refractivity (Wildman–Crippen MR) is 148 cm³/mol. The zero-order valence-electron chi connectivity index (χ0n) is 24.7. The summed E-state index contributed by atoms with van der Waals surface area (Å²) in [6, 6.07) is -1.08. The van der Waals surface area contributed by atoms with Crippen LogP contribution < -0.4 is 10.6 Å². The molecule has 0 aliphatic heterocycles. The first-order valence-electron chi connectivity index (χ1n) is 12.9. The number of hydrogen-bond donors (Lipinski definition) is 4. The van der Waals surface area contributed by atoms with Crippen LogP contribution in [-0.2, 0) is 28.5 Å². The molecule has 0 spiro atoms. The van der Waals surface area contributed by atoms with Crippen LogP contribution in [0.4, 0.5) is 9.59 Å². The molecule has 2 amide bonds. The van der Waals surface area contributed by atoms with E-state index >= 15 is 0 Å². The van der Waals surface area contributed by atoms with Gasteiger partial charge in [0.05, 0.1) is 51.4 Å². The Morgan fingerprint density at radius 2 is 0.949 bits per heavy atom. The van der Waals surface area contributed by atoms with Gasteiger partial charge in [-0.05, 0) is 67.2 Å². The Morgan fingerprint density at radius 1 is 0.667 bits per heavy atom. The summed E-state index contributed by atoms with van der Waals surface area (Å²) in [4.78, 5) is 45.8. The molecule has 12 nitrogen and oxygen atoms in total. The number of carbonyl (C=O) groups excluding carboxylic acids is 4. The van der Waals surface area contributed by atoms with Gasteiger partial charge in [-0.25, -0.2) is 9.59 Å². The van der Waals surface area contributed by atoms with E-state index in [9.17, 15) is 29.4 Å². The van der Waals surface area contributed by atoms with E-state index in [1.807, 2.05) is 0 Å². The maximum absolute atomic E-state index is 11.6. The zero-order chi connectivity index (χ0) is 30.1. The van der Waals surface area contributed by atoms with Crippen molar-refractivity contribution in [1.82, 2.24) is 10.6 Å². The second-order valence-corrected chi connectivity index (χ2v) is 10.8. The second kappa shape index (κ2) is 20.3. The zero-order valence-corrected chi connectivity index (χ0v) is 24.7. The van der Waals surface area contributed by atoms with Gasteiger partial charge in [-0.1, -0.05) is 21.3 Å². The van der Waals surface area contributed by atoms with Crippen LogP contribution in [0.15, 0.2) is 0 Å². The summed E-state index contributed by atoms with van der Waals surface area (Å²) in [7, 11) is 0. The summed E-state index contributed by atoms with van der Waals surface area (Å²) >= 11 is 0. The molecule has 0 heterocycles. The van der Waals surface area contributed by atoms with Gasteiger partial charge in [-0.3, -0.25) is 9.59 Å². The minimum absolute atomic E-state index is 0. The molecule has 0 rings (SSSR count). The molecule has 12 heteroatoms. The molecular formula is C27H54N2O10. The van der Waals surface area contributed by atoms with Crippen molar-refractivity contribution in [3.05, 3.63) is 0 Å². The highest BCUT2D eigenvalue weighted by Crippen LogP contribution is 2.13. The standard InChI is InChI=1S/2C13H25NO5.CH4/c2*1-6-18-11(16)7-9(2)10(8-15)14-12(17)19-13(3,4)5;/h2*9-10,15H,6-8H2,1-5H3,(H,14,17);1H4/t9-,10+;9-,10-;/m01./s1. The lowest BCUT2D eigenvalue weighted by Gasteiger charge is -2.25. The van der Waals surface area contributed by atoms with Crippen LogP contribution in [-0.4, -0.2) is 84.1 Å². The Bertz CT molecular complexity index is 656. The van der Waals surface area contributed by atoms with Crippen LogP contribution in [0.1, 0.15) is 89.5 Å². The van der Waals surface area contributed by atoms with E-state index in [4.69, 9.17) is 18.9 Å². The first-order chi connectivity index (χ1) is 17.4. The number of carbonyl (C=O) groups is 4. The fourth-order valence-corrected chi connectivity index (χ4v) is 2.90. The monoisotopic (exact) mass is 566 g/mol. The quantitative estimate of drug-likeness (QED) is 0.202. The largest absolute Gasteiger partial charge is 0.466 e. The average Bonchev–Trinajstić information content (AvgIpc) is 2.73. The molecule has 0 unspecified atom stereocenters. The highest BCUT2D eigenvalue weighted by Gasteiger charge is 2.26. The number of esters is 2. The Balaban J connectivity index is -0.000000648. The molecule has 4 N–H and O–H groups in total. The van der Waals surface area contributed by atoms with Crippen LogP contribution in [0.3, 0.4) is 0 Å². The van der Waals surface area contributed by atoms with Crippen molar-refractivity contribution in [2.24, 2.45) is 11.8 Å². The number of ether oxygens (including phenoxy) is 4. The van der Waals surface area contributed by atoms with Gasteiger partial charge in [0.1, 0.15) is 11.2 Å². The third kappa shape index (κ3) is 23.0. The molecule has 0 radical (unpaired) electrons. The molecular weight excluding hydrogens is 512 g/mol. The fourth-order valence-electron chi connectivity index (χ4n) is 2.90. The summed E-state index contributed by atoms with van der Waals surface area (Å²) in [6.07, 6.45) is -0.950. The topological polar surface area (TPSA) is 170 Å². The van der Waals surface area contributed by atoms with E-state index in [2.05, 4.69) is 10.6 Å². The molecule has 4 atom stereocenters. The Hall–Kier alpha value is -2.60. The Labute approximate surface area is 234 Å². The number of nitrogens with one attached hydrogen (secondary N) is 2. The van der Waals surface area contributed by atoms with Gasteiger partial charge in [0.15, 0.2) is 0 Å². The molecule has 0 bridgehead atoms. The summed E-state index contributed by atoms with van der Waals surface area (Å²) in [5.74, 6) is -1.17. The van der Waals surface area contributed by atoms with Gasteiger partial charge in [0, 0.05) is 0 Å². The van der Waals surface area contributed by atoms with Crippen molar-refractivity contribution < 1.29 is 48.3 Å². The van der Waals surface area contributed by atoms with E-state index in [1.165, 1.54) is 0 Å². The highest BCUT2D eigenvalue weighted by atomic mass is 16.6. The molecule has 0 aromatic carbocycles. The summed E-state index contributed by atoms with van der Waals surface area (Å²) in [5, 5.41) is 23.6. The van der Waals surface area contributed by atoms with Gasteiger partial charge in [0.2, 0.25) is 0 Å². The lowest BCUT2D eigenvalue weighted by Crippen LogP contribution is -2.45. The second-order valence-electron chi connectivity index (χ2n) is 10.8. The lowest BCUT2D eigenvalue weighted by atomic mass is 9.99. The molecule has 0 aromatic rings. The summed E-state index contributed by atoms with van der Waals surface area (Å²) < 4.78 is 19.8. The highest BCUT2D eigenvalue weighted by molar-refractivity contribution is 5.71.